The molecule has 0 aliphatic heterocycles. The fourth-order valence-electron chi connectivity index (χ4n) is 2.56. The molecule has 0 radical (unpaired) electrons. The number of aromatic nitrogens is 2. The van der Waals surface area contributed by atoms with Crippen molar-refractivity contribution in [3.63, 3.8) is 0 Å². The summed E-state index contributed by atoms with van der Waals surface area (Å²) in [5.41, 5.74) is 0.242. The molecule has 0 saturated carbocycles. The zero-order valence-electron chi connectivity index (χ0n) is 15.1. The van der Waals surface area contributed by atoms with E-state index in [4.69, 9.17) is 21.3 Å². The van der Waals surface area contributed by atoms with Gasteiger partial charge in [0.25, 0.3) is 5.56 Å². The zero-order chi connectivity index (χ0) is 20.1. The van der Waals surface area contributed by atoms with Gasteiger partial charge in [0, 0.05) is 18.6 Å². The fourth-order valence-corrected chi connectivity index (χ4v) is 3.67. The minimum absolute atomic E-state index is 0.0958. The molecule has 3 rings (SSSR count). The van der Waals surface area contributed by atoms with Crippen LogP contribution in [-0.4, -0.2) is 39.7 Å². The quantitative estimate of drug-likeness (QED) is 0.434. The summed E-state index contributed by atoms with van der Waals surface area (Å²) in [5, 5.41) is 9.98. The fraction of sp³-hybridized carbons (Fsp3) is 0.263. The number of carbonyl (C=O) groups is 1. The molecule has 9 heteroatoms. The van der Waals surface area contributed by atoms with Crippen molar-refractivity contribution >= 4 is 40.2 Å². The number of fused-ring (bicyclic) bond motifs is 1. The number of hydrogen-bond acceptors (Lipinski definition) is 6. The molecule has 2 heterocycles. The Hall–Kier alpha value is -2.76. The first-order valence-electron chi connectivity index (χ1n) is 8.46. The lowest BCUT2D eigenvalue weighted by molar-refractivity contribution is -0.127. The maximum absolute atomic E-state index is 13.0. The highest BCUT2D eigenvalue weighted by atomic mass is 35.5. The van der Waals surface area contributed by atoms with Crippen LogP contribution < -0.4 is 5.56 Å². The van der Waals surface area contributed by atoms with Gasteiger partial charge in [-0.15, -0.1) is 0 Å². The second-order valence-corrected chi connectivity index (χ2v) is 7.42. The largest absolute Gasteiger partial charge is 0.467 e. The number of carbonyl (C=O) groups excluding carboxylic acids is 1. The van der Waals surface area contributed by atoms with Gasteiger partial charge in [-0.25, -0.2) is 4.98 Å². The lowest BCUT2D eigenvalue weighted by Crippen LogP contribution is -2.30. The Morgan fingerprint density at radius 3 is 2.96 bits per heavy atom. The van der Waals surface area contributed by atoms with E-state index in [1.165, 1.54) is 27.5 Å². The summed E-state index contributed by atoms with van der Waals surface area (Å²) in [6, 6.07) is 10.4. The number of amides is 1. The average Bonchev–Trinajstić information content (AvgIpc) is 3.19. The minimum Gasteiger partial charge on any atom is -0.467 e. The molecule has 0 aliphatic rings. The molecule has 0 unspecified atom stereocenters. The Morgan fingerprint density at radius 2 is 2.25 bits per heavy atom. The predicted octanol–water partition coefficient (Wildman–Crippen LogP) is 3.16. The van der Waals surface area contributed by atoms with Crippen LogP contribution >= 0.6 is 23.4 Å². The average molecular weight is 417 g/mol. The molecule has 3 aromatic rings. The van der Waals surface area contributed by atoms with Crippen molar-refractivity contribution in [2.24, 2.45) is 0 Å². The Kier molecular flexibility index (Phi) is 6.39. The second kappa shape index (κ2) is 8.95. The van der Waals surface area contributed by atoms with Crippen molar-refractivity contribution in [1.29, 1.82) is 5.26 Å². The molecule has 0 saturated heterocycles. The highest BCUT2D eigenvalue weighted by Gasteiger charge is 2.16. The molecule has 0 atom stereocenters. The minimum atomic E-state index is -0.231. The molecule has 1 amide bonds. The van der Waals surface area contributed by atoms with E-state index in [9.17, 15) is 9.59 Å². The molecule has 144 valence electrons. The molecule has 1 aromatic carbocycles. The standard InChI is InChI=1S/C19H17ClN4O3S/c1-23(8-3-7-21)17(25)12-28-19-22-16-10-13(20)5-6-15(16)18(26)24(19)11-14-4-2-9-27-14/h2,4-6,9-10H,3,8,11-12H2,1H3. The highest BCUT2D eigenvalue weighted by molar-refractivity contribution is 7.99. The normalized spacial score (nSPS) is 10.8. The van der Waals surface area contributed by atoms with Gasteiger partial charge in [0.1, 0.15) is 5.76 Å². The molecule has 0 N–H and O–H groups in total. The van der Waals surface area contributed by atoms with Gasteiger partial charge in [0.2, 0.25) is 5.91 Å². The number of thioether (sulfide) groups is 1. The van der Waals surface area contributed by atoms with Gasteiger partial charge in [-0.3, -0.25) is 14.2 Å². The van der Waals surface area contributed by atoms with Crippen molar-refractivity contribution in [2.45, 2.75) is 18.1 Å². The van der Waals surface area contributed by atoms with E-state index in [0.717, 1.165) is 0 Å². The van der Waals surface area contributed by atoms with E-state index in [-0.39, 0.29) is 30.2 Å². The van der Waals surface area contributed by atoms with Crippen LogP contribution in [0.4, 0.5) is 0 Å². The lowest BCUT2D eigenvalue weighted by Gasteiger charge is -2.16. The molecular formula is C19H17ClN4O3S. The SMILES string of the molecule is CN(CCC#N)C(=O)CSc1nc2cc(Cl)ccc2c(=O)n1Cc1ccco1. The topological polar surface area (TPSA) is 92.1 Å². The van der Waals surface area contributed by atoms with Gasteiger partial charge in [-0.1, -0.05) is 23.4 Å². The van der Waals surface area contributed by atoms with Crippen LogP contribution in [0.15, 0.2) is 51.0 Å². The third kappa shape index (κ3) is 4.55. The van der Waals surface area contributed by atoms with Crippen LogP contribution in [0.5, 0.6) is 0 Å². The molecule has 7 nitrogen and oxygen atoms in total. The third-order valence-corrected chi connectivity index (χ3v) is 5.28. The Bertz CT molecular complexity index is 1090. The molecular weight excluding hydrogens is 400 g/mol. The second-order valence-electron chi connectivity index (χ2n) is 6.04. The molecule has 28 heavy (non-hydrogen) atoms. The summed E-state index contributed by atoms with van der Waals surface area (Å²) >= 11 is 7.20. The summed E-state index contributed by atoms with van der Waals surface area (Å²) in [6.45, 7) is 0.564. The first kappa shape index (κ1) is 20.0. The first-order chi connectivity index (χ1) is 13.5. The number of halogens is 1. The number of nitrogens with zero attached hydrogens (tertiary/aromatic N) is 4. The molecule has 0 aliphatic carbocycles. The number of hydrogen-bond donors (Lipinski definition) is 0. The van der Waals surface area contributed by atoms with E-state index in [0.29, 0.717) is 33.4 Å². The first-order valence-corrected chi connectivity index (χ1v) is 9.82. The van der Waals surface area contributed by atoms with E-state index >= 15 is 0 Å². The van der Waals surface area contributed by atoms with Crippen LogP contribution in [0.25, 0.3) is 10.9 Å². The summed E-state index contributed by atoms with van der Waals surface area (Å²) < 4.78 is 6.85. The van der Waals surface area contributed by atoms with E-state index in [2.05, 4.69) is 4.98 Å². The highest BCUT2D eigenvalue weighted by Crippen LogP contribution is 2.21. The van der Waals surface area contributed by atoms with Gasteiger partial charge in [-0.05, 0) is 30.3 Å². The van der Waals surface area contributed by atoms with Crippen molar-refractivity contribution in [3.05, 3.63) is 57.7 Å². The predicted molar refractivity (Wildman–Crippen MR) is 107 cm³/mol. The van der Waals surface area contributed by atoms with Crippen LogP contribution in [-0.2, 0) is 11.3 Å². The zero-order valence-corrected chi connectivity index (χ0v) is 16.7. The molecule has 0 spiro atoms. The lowest BCUT2D eigenvalue weighted by atomic mass is 10.2. The summed E-state index contributed by atoms with van der Waals surface area (Å²) in [7, 11) is 1.64. The summed E-state index contributed by atoms with van der Waals surface area (Å²) in [5.74, 6) is 0.556. The van der Waals surface area contributed by atoms with Crippen LogP contribution in [0.2, 0.25) is 5.02 Å². The Morgan fingerprint density at radius 1 is 1.43 bits per heavy atom. The Labute approximate surface area is 170 Å². The summed E-state index contributed by atoms with van der Waals surface area (Å²) in [6.07, 6.45) is 1.80. The smallest absolute Gasteiger partial charge is 0.262 e. The van der Waals surface area contributed by atoms with Crippen molar-refractivity contribution in [2.75, 3.05) is 19.3 Å². The maximum Gasteiger partial charge on any atom is 0.262 e. The molecule has 0 fully saturated rings. The number of nitriles is 1. The molecule has 2 aromatic heterocycles. The van der Waals surface area contributed by atoms with Crippen LogP contribution in [0, 0.1) is 11.3 Å². The van der Waals surface area contributed by atoms with Gasteiger partial charge in [0.05, 0.1) is 42.0 Å². The number of rotatable bonds is 7. The van der Waals surface area contributed by atoms with Gasteiger partial charge in [0.15, 0.2) is 5.16 Å². The third-order valence-electron chi connectivity index (χ3n) is 4.09. The molecule has 0 bridgehead atoms. The Balaban J connectivity index is 1.93. The van der Waals surface area contributed by atoms with Crippen molar-refractivity contribution < 1.29 is 9.21 Å². The van der Waals surface area contributed by atoms with E-state index < -0.39 is 0 Å². The van der Waals surface area contributed by atoms with E-state index in [1.54, 1.807) is 37.4 Å². The number of furan rings is 1. The van der Waals surface area contributed by atoms with E-state index in [1.807, 2.05) is 6.07 Å². The monoisotopic (exact) mass is 416 g/mol. The number of benzene rings is 1. The summed E-state index contributed by atoms with van der Waals surface area (Å²) in [4.78, 5) is 31.3. The van der Waals surface area contributed by atoms with Crippen molar-refractivity contribution in [3.8, 4) is 6.07 Å². The van der Waals surface area contributed by atoms with Gasteiger partial charge < -0.3 is 9.32 Å². The maximum atomic E-state index is 13.0. The van der Waals surface area contributed by atoms with Crippen molar-refractivity contribution in [1.82, 2.24) is 14.5 Å². The van der Waals surface area contributed by atoms with Gasteiger partial charge in [-0.2, -0.15) is 5.26 Å². The van der Waals surface area contributed by atoms with Gasteiger partial charge >= 0.3 is 0 Å². The van der Waals surface area contributed by atoms with Crippen LogP contribution in [0.3, 0.4) is 0 Å². The van der Waals surface area contributed by atoms with Crippen LogP contribution in [0.1, 0.15) is 12.2 Å².